The highest BCUT2D eigenvalue weighted by Crippen LogP contribution is 2.46. The zero-order valence-electron chi connectivity index (χ0n) is 37.3. The van der Waals surface area contributed by atoms with Crippen molar-refractivity contribution in [1.82, 2.24) is 4.57 Å². The van der Waals surface area contributed by atoms with Crippen molar-refractivity contribution in [3.63, 3.8) is 0 Å². The number of benzene rings is 12. The maximum Gasteiger partial charge on any atom is 0.0618 e. The van der Waals surface area contributed by atoms with Crippen LogP contribution in [0.15, 0.2) is 267 Å². The van der Waals surface area contributed by atoms with Crippen LogP contribution in [0.5, 0.6) is 0 Å². The van der Waals surface area contributed by atoms with E-state index in [-0.39, 0.29) is 0 Å². The number of rotatable bonds is 8. The lowest BCUT2D eigenvalue weighted by molar-refractivity contribution is 1.18. The molecule has 0 bridgehead atoms. The third-order valence-electron chi connectivity index (χ3n) is 13.8. The highest BCUT2D eigenvalue weighted by atomic mass is 15.1. The molecule has 1 aromatic heterocycles. The van der Waals surface area contributed by atoms with Gasteiger partial charge in [-0.2, -0.15) is 0 Å². The van der Waals surface area contributed by atoms with Gasteiger partial charge >= 0.3 is 0 Å². The van der Waals surface area contributed by atoms with E-state index in [1.165, 1.54) is 98.8 Å². The zero-order valence-corrected chi connectivity index (χ0v) is 37.3. The quantitative estimate of drug-likeness (QED) is 0.148. The fourth-order valence-electron chi connectivity index (χ4n) is 10.6. The first-order valence-electron chi connectivity index (χ1n) is 23.4. The second-order valence-electron chi connectivity index (χ2n) is 17.6. The Morgan fingerprint density at radius 2 is 0.750 bits per heavy atom. The minimum atomic E-state index is 1.07. The molecule has 2 heteroatoms. The molecule has 0 saturated carbocycles. The lowest BCUT2D eigenvalue weighted by Crippen LogP contribution is -2.11. The summed E-state index contributed by atoms with van der Waals surface area (Å²) in [5, 5.41) is 9.83. The van der Waals surface area contributed by atoms with E-state index in [0.717, 1.165) is 22.6 Å². The van der Waals surface area contributed by atoms with Gasteiger partial charge in [-0.1, -0.05) is 218 Å². The van der Waals surface area contributed by atoms with Crippen molar-refractivity contribution in [3.8, 4) is 50.2 Å². The second kappa shape index (κ2) is 16.5. The Kier molecular flexibility index (Phi) is 9.54. The molecule has 0 spiro atoms. The van der Waals surface area contributed by atoms with Crippen LogP contribution in [-0.2, 0) is 0 Å². The van der Waals surface area contributed by atoms with Gasteiger partial charge < -0.3 is 9.47 Å². The van der Waals surface area contributed by atoms with Crippen LogP contribution in [0.1, 0.15) is 0 Å². The average molecular weight is 865 g/mol. The maximum atomic E-state index is 2.48. The summed E-state index contributed by atoms with van der Waals surface area (Å²) in [7, 11) is 0. The predicted octanol–water partition coefficient (Wildman–Crippen LogP) is 18.4. The van der Waals surface area contributed by atoms with Gasteiger partial charge in [0, 0.05) is 38.7 Å². The summed E-state index contributed by atoms with van der Waals surface area (Å²) in [6.07, 6.45) is 0. The molecule has 0 aliphatic rings. The van der Waals surface area contributed by atoms with E-state index < -0.39 is 0 Å². The van der Waals surface area contributed by atoms with Gasteiger partial charge in [0.1, 0.15) is 0 Å². The third kappa shape index (κ3) is 6.65. The van der Waals surface area contributed by atoms with Crippen molar-refractivity contribution in [1.29, 1.82) is 0 Å². The average Bonchev–Trinajstić information content (AvgIpc) is 3.75. The van der Waals surface area contributed by atoms with Crippen LogP contribution in [0.3, 0.4) is 0 Å². The second-order valence-corrected chi connectivity index (χ2v) is 17.6. The van der Waals surface area contributed by atoms with Crippen LogP contribution in [0.25, 0.3) is 104 Å². The van der Waals surface area contributed by atoms with Gasteiger partial charge in [0.15, 0.2) is 0 Å². The molecule has 13 rings (SSSR count). The molecule has 0 N–H and O–H groups in total. The lowest BCUT2D eigenvalue weighted by atomic mass is 9.94. The molecule has 0 amide bonds. The highest BCUT2D eigenvalue weighted by Gasteiger charge is 2.22. The van der Waals surface area contributed by atoms with Crippen LogP contribution in [0.2, 0.25) is 0 Å². The smallest absolute Gasteiger partial charge is 0.0618 e. The Morgan fingerprint density at radius 3 is 1.50 bits per heavy atom. The third-order valence-corrected chi connectivity index (χ3v) is 13.8. The molecule has 68 heavy (non-hydrogen) atoms. The minimum Gasteiger partial charge on any atom is -0.310 e. The Hall–Kier alpha value is -8.98. The summed E-state index contributed by atoms with van der Waals surface area (Å²) in [6, 6.07) is 97.6. The van der Waals surface area contributed by atoms with E-state index in [1.54, 1.807) is 0 Å². The first kappa shape index (κ1) is 39.4. The summed E-state index contributed by atoms with van der Waals surface area (Å²) in [5.74, 6) is 0. The summed E-state index contributed by atoms with van der Waals surface area (Å²) in [5.41, 5.74) is 16.3. The zero-order chi connectivity index (χ0) is 45.0. The number of nitrogens with zero attached hydrogens (tertiary/aromatic N) is 2. The van der Waals surface area contributed by atoms with Gasteiger partial charge in [-0.05, 0) is 109 Å². The van der Waals surface area contributed by atoms with Gasteiger partial charge in [0.05, 0.1) is 22.4 Å². The summed E-state index contributed by atoms with van der Waals surface area (Å²) < 4.78 is 2.48. The molecule has 0 radical (unpaired) electrons. The van der Waals surface area contributed by atoms with Crippen molar-refractivity contribution in [2.45, 2.75) is 0 Å². The van der Waals surface area contributed by atoms with Crippen molar-refractivity contribution in [2.24, 2.45) is 0 Å². The molecule has 0 saturated heterocycles. The van der Waals surface area contributed by atoms with Crippen LogP contribution in [0, 0.1) is 0 Å². The van der Waals surface area contributed by atoms with Gasteiger partial charge in [0.2, 0.25) is 0 Å². The first-order chi connectivity index (χ1) is 33.7. The van der Waals surface area contributed by atoms with Gasteiger partial charge in [-0.15, -0.1) is 0 Å². The minimum absolute atomic E-state index is 1.07. The molecule has 318 valence electrons. The molecular weight excluding hydrogens is 821 g/mol. The topological polar surface area (TPSA) is 8.17 Å². The number of fused-ring (bicyclic) bond motifs is 6. The molecule has 0 aliphatic carbocycles. The van der Waals surface area contributed by atoms with E-state index in [1.807, 2.05) is 0 Å². The molecule has 0 unspecified atom stereocenters. The van der Waals surface area contributed by atoms with Crippen molar-refractivity contribution in [3.05, 3.63) is 267 Å². The standard InChI is InChI=1S/C66H44N2/c1-2-18-47(19-3-1)57-31-16-32-58(66(57)68-63-33-12-10-28-61(63)62-29-11-13-34-64(62)68)48-37-39-52(40-38-48)67(53-24-14-23-50(44-53)55-30-15-22-46-20-6-7-25-54(46)55)65-42-41-56(59-26-8-9-27-60(59)65)51-36-35-45-17-4-5-21-49(45)43-51/h1-44H. The van der Waals surface area contributed by atoms with E-state index in [4.69, 9.17) is 0 Å². The predicted molar refractivity (Wildman–Crippen MR) is 290 cm³/mol. The van der Waals surface area contributed by atoms with Crippen molar-refractivity contribution < 1.29 is 0 Å². The number of anilines is 3. The molecule has 0 fully saturated rings. The molecule has 0 aliphatic heterocycles. The Labute approximate surface area is 395 Å². The highest BCUT2D eigenvalue weighted by molar-refractivity contribution is 6.11. The fourth-order valence-corrected chi connectivity index (χ4v) is 10.6. The summed E-state index contributed by atoms with van der Waals surface area (Å²) >= 11 is 0. The molecule has 2 nitrogen and oxygen atoms in total. The number of para-hydroxylation sites is 3. The Bertz CT molecular complexity index is 3970. The van der Waals surface area contributed by atoms with Crippen LogP contribution >= 0.6 is 0 Å². The summed E-state index contributed by atoms with van der Waals surface area (Å²) in [4.78, 5) is 2.44. The number of hydrogen-bond donors (Lipinski definition) is 0. The van der Waals surface area contributed by atoms with E-state index in [2.05, 4.69) is 276 Å². The largest absolute Gasteiger partial charge is 0.310 e. The van der Waals surface area contributed by atoms with Crippen molar-refractivity contribution >= 4 is 71.2 Å². The van der Waals surface area contributed by atoms with E-state index in [0.29, 0.717) is 0 Å². The van der Waals surface area contributed by atoms with Crippen LogP contribution in [0.4, 0.5) is 17.1 Å². The summed E-state index contributed by atoms with van der Waals surface area (Å²) in [6.45, 7) is 0. The number of hydrogen-bond acceptors (Lipinski definition) is 1. The molecular formula is C66H44N2. The van der Waals surface area contributed by atoms with Gasteiger partial charge in [0.25, 0.3) is 0 Å². The molecule has 13 aromatic rings. The lowest BCUT2D eigenvalue weighted by Gasteiger charge is -2.28. The maximum absolute atomic E-state index is 2.48. The van der Waals surface area contributed by atoms with Crippen LogP contribution in [-0.4, -0.2) is 4.57 Å². The SMILES string of the molecule is c1ccc(-c2cccc(-c3ccc(N(c4cccc(-c5cccc6ccccc56)c4)c4ccc(-c5ccc6ccccc6c5)c5ccccc45)cc3)c2-n2c3ccccc3c3ccccc32)cc1. The normalized spacial score (nSPS) is 11.5. The molecule has 1 heterocycles. The first-order valence-corrected chi connectivity index (χ1v) is 23.4. The van der Waals surface area contributed by atoms with Gasteiger partial charge in [-0.25, -0.2) is 0 Å². The van der Waals surface area contributed by atoms with Gasteiger partial charge in [-0.3, -0.25) is 0 Å². The van der Waals surface area contributed by atoms with Crippen LogP contribution < -0.4 is 4.90 Å². The molecule has 12 aromatic carbocycles. The monoisotopic (exact) mass is 864 g/mol. The van der Waals surface area contributed by atoms with Crippen molar-refractivity contribution in [2.75, 3.05) is 4.90 Å². The fraction of sp³-hybridized carbons (Fsp3) is 0. The Balaban J connectivity index is 1.01. The number of aromatic nitrogens is 1. The van der Waals surface area contributed by atoms with E-state index in [9.17, 15) is 0 Å². The Morgan fingerprint density at radius 1 is 0.250 bits per heavy atom. The van der Waals surface area contributed by atoms with E-state index >= 15 is 0 Å². The molecule has 0 atom stereocenters.